The van der Waals surface area contributed by atoms with Crippen LogP contribution in [-0.4, -0.2) is 29.3 Å². The highest BCUT2D eigenvalue weighted by molar-refractivity contribution is 6.30. The molecular weight excluding hydrogens is 361 g/mol. The minimum absolute atomic E-state index is 0.0231. The molecule has 0 spiro atoms. The summed E-state index contributed by atoms with van der Waals surface area (Å²) in [5.74, 6) is -1.86. The lowest BCUT2D eigenvalue weighted by atomic mass is 9.92. The number of hydrogen-bond donors (Lipinski definition) is 2. The smallest absolute Gasteiger partial charge is 0.322 e. The number of rotatable bonds is 4. The van der Waals surface area contributed by atoms with Gasteiger partial charge in [-0.2, -0.15) is 0 Å². The molecule has 2 aromatic rings. The van der Waals surface area contributed by atoms with Crippen molar-refractivity contribution in [2.45, 2.75) is 12.5 Å². The van der Waals surface area contributed by atoms with Crippen molar-refractivity contribution in [3.63, 3.8) is 0 Å². The topological polar surface area (TPSA) is 78.5 Å². The standard InChI is InChI=1S/C18H15ClFN3O3/c1-18(11-6-8-12(19)9-7-11)16(25)23(17(26)22-18)10-15(24)21-14-5-3-2-4-13(14)20/h2-9H,10H2,1H3,(H,21,24)(H,22,26). The van der Waals surface area contributed by atoms with Crippen LogP contribution in [0, 0.1) is 5.82 Å². The molecule has 2 aromatic carbocycles. The first-order valence-electron chi connectivity index (χ1n) is 7.76. The number of imide groups is 1. The summed E-state index contributed by atoms with van der Waals surface area (Å²) in [4.78, 5) is 37.9. The maximum absolute atomic E-state index is 13.6. The molecule has 3 rings (SSSR count). The molecule has 1 saturated heterocycles. The minimum atomic E-state index is -1.31. The first-order valence-corrected chi connectivity index (χ1v) is 8.13. The van der Waals surface area contributed by atoms with Gasteiger partial charge in [-0.15, -0.1) is 0 Å². The summed E-state index contributed by atoms with van der Waals surface area (Å²) < 4.78 is 13.6. The number of halogens is 2. The van der Waals surface area contributed by atoms with E-state index in [2.05, 4.69) is 10.6 Å². The monoisotopic (exact) mass is 375 g/mol. The summed E-state index contributed by atoms with van der Waals surface area (Å²) in [6, 6.07) is 11.4. The molecule has 6 nitrogen and oxygen atoms in total. The van der Waals surface area contributed by atoms with Crippen molar-refractivity contribution in [2.75, 3.05) is 11.9 Å². The number of urea groups is 1. The van der Waals surface area contributed by atoms with Gasteiger partial charge in [-0.05, 0) is 36.8 Å². The van der Waals surface area contributed by atoms with Crippen LogP contribution in [0.2, 0.25) is 5.02 Å². The van der Waals surface area contributed by atoms with E-state index >= 15 is 0 Å². The van der Waals surface area contributed by atoms with Gasteiger partial charge in [0.2, 0.25) is 5.91 Å². The predicted molar refractivity (Wildman–Crippen MR) is 94.1 cm³/mol. The van der Waals surface area contributed by atoms with Crippen molar-refractivity contribution in [1.29, 1.82) is 0 Å². The number of amides is 4. The largest absolute Gasteiger partial charge is 0.325 e. The van der Waals surface area contributed by atoms with E-state index in [0.717, 1.165) is 4.90 Å². The molecule has 8 heteroatoms. The average molecular weight is 376 g/mol. The molecule has 26 heavy (non-hydrogen) atoms. The van der Waals surface area contributed by atoms with Gasteiger partial charge in [-0.25, -0.2) is 9.18 Å². The van der Waals surface area contributed by atoms with Crippen LogP contribution in [0.15, 0.2) is 48.5 Å². The Morgan fingerprint density at radius 2 is 1.85 bits per heavy atom. The zero-order chi connectivity index (χ0) is 18.9. The Morgan fingerprint density at radius 3 is 2.50 bits per heavy atom. The summed E-state index contributed by atoms with van der Waals surface area (Å²) >= 11 is 5.85. The van der Waals surface area contributed by atoms with E-state index in [4.69, 9.17) is 11.6 Å². The highest BCUT2D eigenvalue weighted by Gasteiger charge is 2.49. The average Bonchev–Trinajstić information content (AvgIpc) is 2.82. The fourth-order valence-corrected chi connectivity index (χ4v) is 2.84. The highest BCUT2D eigenvalue weighted by Crippen LogP contribution is 2.29. The van der Waals surface area contributed by atoms with Crippen LogP contribution < -0.4 is 10.6 Å². The van der Waals surface area contributed by atoms with Crippen LogP contribution in [0.1, 0.15) is 12.5 Å². The third-order valence-corrected chi connectivity index (χ3v) is 4.40. The molecular formula is C18H15ClFN3O3. The molecule has 0 saturated carbocycles. The summed E-state index contributed by atoms with van der Waals surface area (Å²) in [5.41, 5.74) is -0.790. The van der Waals surface area contributed by atoms with Crippen molar-refractivity contribution in [3.05, 3.63) is 64.9 Å². The van der Waals surface area contributed by atoms with Crippen molar-refractivity contribution in [1.82, 2.24) is 10.2 Å². The van der Waals surface area contributed by atoms with Gasteiger partial charge in [-0.1, -0.05) is 35.9 Å². The van der Waals surface area contributed by atoms with Gasteiger partial charge < -0.3 is 10.6 Å². The maximum Gasteiger partial charge on any atom is 0.325 e. The summed E-state index contributed by atoms with van der Waals surface area (Å²) in [5, 5.41) is 5.43. The van der Waals surface area contributed by atoms with E-state index in [9.17, 15) is 18.8 Å². The van der Waals surface area contributed by atoms with Crippen molar-refractivity contribution in [3.8, 4) is 0 Å². The van der Waals surface area contributed by atoms with Crippen LogP contribution in [0.4, 0.5) is 14.9 Å². The Bertz CT molecular complexity index is 888. The summed E-state index contributed by atoms with van der Waals surface area (Å²) in [7, 11) is 0. The van der Waals surface area contributed by atoms with Crippen LogP contribution >= 0.6 is 11.6 Å². The second kappa shape index (κ2) is 6.76. The minimum Gasteiger partial charge on any atom is -0.322 e. The van der Waals surface area contributed by atoms with Crippen LogP contribution in [0.3, 0.4) is 0 Å². The lowest BCUT2D eigenvalue weighted by Gasteiger charge is -2.22. The number of nitrogens with zero attached hydrogens (tertiary/aromatic N) is 1. The van der Waals surface area contributed by atoms with Gasteiger partial charge in [0.05, 0.1) is 5.69 Å². The Balaban J connectivity index is 1.76. The molecule has 0 bridgehead atoms. The number of hydrogen-bond acceptors (Lipinski definition) is 3. The number of carbonyl (C=O) groups is 3. The van der Waals surface area contributed by atoms with Crippen molar-refractivity contribution >= 4 is 35.1 Å². The molecule has 1 unspecified atom stereocenters. The van der Waals surface area contributed by atoms with Crippen LogP contribution in [-0.2, 0) is 15.1 Å². The van der Waals surface area contributed by atoms with E-state index < -0.39 is 35.7 Å². The molecule has 134 valence electrons. The van der Waals surface area contributed by atoms with Crippen molar-refractivity contribution < 1.29 is 18.8 Å². The molecule has 0 aromatic heterocycles. The molecule has 0 aliphatic carbocycles. The third-order valence-electron chi connectivity index (χ3n) is 4.15. The van der Waals surface area contributed by atoms with Gasteiger partial charge in [0.25, 0.3) is 5.91 Å². The quantitative estimate of drug-likeness (QED) is 0.806. The SMILES string of the molecule is CC1(c2ccc(Cl)cc2)NC(=O)N(CC(=O)Nc2ccccc2F)C1=O. The van der Waals surface area contributed by atoms with Gasteiger partial charge in [0.1, 0.15) is 17.9 Å². The molecule has 1 atom stereocenters. The molecule has 1 aliphatic rings. The molecule has 2 N–H and O–H groups in total. The fraction of sp³-hybridized carbons (Fsp3) is 0.167. The number of anilines is 1. The molecule has 1 heterocycles. The van der Waals surface area contributed by atoms with E-state index in [1.54, 1.807) is 37.3 Å². The highest BCUT2D eigenvalue weighted by atomic mass is 35.5. The number of carbonyl (C=O) groups excluding carboxylic acids is 3. The van der Waals surface area contributed by atoms with Gasteiger partial charge in [0.15, 0.2) is 0 Å². The Hall–Kier alpha value is -2.93. The normalized spacial score (nSPS) is 19.4. The molecule has 1 aliphatic heterocycles. The van der Waals surface area contributed by atoms with E-state index in [-0.39, 0.29) is 5.69 Å². The van der Waals surface area contributed by atoms with E-state index in [0.29, 0.717) is 10.6 Å². The Labute approximate surface area is 153 Å². The Morgan fingerprint density at radius 1 is 1.19 bits per heavy atom. The van der Waals surface area contributed by atoms with E-state index in [1.807, 2.05) is 0 Å². The maximum atomic E-state index is 13.6. The molecule has 0 radical (unpaired) electrons. The van der Waals surface area contributed by atoms with E-state index in [1.165, 1.54) is 18.2 Å². The fourth-order valence-electron chi connectivity index (χ4n) is 2.72. The lowest BCUT2D eigenvalue weighted by molar-refractivity contribution is -0.133. The lowest BCUT2D eigenvalue weighted by Crippen LogP contribution is -2.42. The van der Waals surface area contributed by atoms with Gasteiger partial charge in [-0.3, -0.25) is 14.5 Å². The van der Waals surface area contributed by atoms with Crippen LogP contribution in [0.5, 0.6) is 0 Å². The summed E-state index contributed by atoms with van der Waals surface area (Å²) in [6.07, 6.45) is 0. The summed E-state index contributed by atoms with van der Waals surface area (Å²) in [6.45, 7) is 1.02. The number of nitrogens with one attached hydrogen (secondary N) is 2. The zero-order valence-corrected chi connectivity index (χ0v) is 14.5. The van der Waals surface area contributed by atoms with Crippen LogP contribution in [0.25, 0.3) is 0 Å². The Kier molecular flexibility index (Phi) is 4.65. The van der Waals surface area contributed by atoms with Gasteiger partial charge >= 0.3 is 6.03 Å². The predicted octanol–water partition coefficient (Wildman–Crippen LogP) is 2.88. The first kappa shape index (κ1) is 17.9. The second-order valence-electron chi connectivity index (χ2n) is 5.98. The zero-order valence-electron chi connectivity index (χ0n) is 13.8. The number of benzene rings is 2. The number of para-hydroxylation sites is 1. The third kappa shape index (κ3) is 3.25. The second-order valence-corrected chi connectivity index (χ2v) is 6.42. The van der Waals surface area contributed by atoms with Gasteiger partial charge in [0, 0.05) is 5.02 Å². The molecule has 1 fully saturated rings. The van der Waals surface area contributed by atoms with Crippen molar-refractivity contribution in [2.24, 2.45) is 0 Å². The molecule has 4 amide bonds. The first-order chi connectivity index (χ1) is 12.3.